The van der Waals surface area contributed by atoms with Gasteiger partial charge in [-0.15, -0.1) is 10.2 Å². The van der Waals surface area contributed by atoms with E-state index in [1.807, 2.05) is 12.1 Å². The van der Waals surface area contributed by atoms with Crippen LogP contribution in [0.3, 0.4) is 0 Å². The summed E-state index contributed by atoms with van der Waals surface area (Å²) in [4.78, 5) is 3.19. The first-order valence-electron chi connectivity index (χ1n) is 9.81. The number of benzene rings is 2. The zero-order valence-corrected chi connectivity index (χ0v) is 16.1. The molecule has 1 saturated heterocycles. The van der Waals surface area contributed by atoms with Gasteiger partial charge in [0.2, 0.25) is 5.89 Å². The summed E-state index contributed by atoms with van der Waals surface area (Å²) in [5.41, 5.74) is 3.63. The van der Waals surface area contributed by atoms with Crippen LogP contribution < -0.4 is 9.80 Å². The van der Waals surface area contributed by atoms with Gasteiger partial charge in [-0.05, 0) is 26.0 Å². The number of quaternary nitrogens is 2. The average Bonchev–Trinajstić information content (AvgIpc) is 3.20. The maximum atomic E-state index is 6.00. The van der Waals surface area contributed by atoms with E-state index in [2.05, 4.69) is 66.5 Å². The van der Waals surface area contributed by atoms with E-state index in [1.165, 1.54) is 29.1 Å². The molecule has 0 radical (unpaired) electrons. The molecule has 1 atom stereocenters. The van der Waals surface area contributed by atoms with Crippen LogP contribution in [0.4, 0.5) is 0 Å². The molecular formula is C22H28N4O+2. The van der Waals surface area contributed by atoms with Gasteiger partial charge >= 0.3 is 0 Å². The zero-order valence-electron chi connectivity index (χ0n) is 16.1. The maximum Gasteiger partial charge on any atom is 0.274 e. The molecule has 3 aromatic rings. The van der Waals surface area contributed by atoms with E-state index in [9.17, 15) is 0 Å². The third kappa shape index (κ3) is 4.26. The molecule has 4 rings (SSSR count). The van der Waals surface area contributed by atoms with Gasteiger partial charge in [-0.3, -0.25) is 0 Å². The summed E-state index contributed by atoms with van der Waals surface area (Å²) in [6, 6.07) is 19.2. The molecule has 0 bridgehead atoms. The minimum absolute atomic E-state index is 0.231. The number of nitrogens with zero attached hydrogens (tertiary/aromatic N) is 2. The first-order chi connectivity index (χ1) is 13.2. The van der Waals surface area contributed by atoms with Crippen LogP contribution in [0.1, 0.15) is 30.0 Å². The largest absolute Gasteiger partial charge is 0.415 e. The SMILES string of the molecule is Cc1ccc(-c2nnc([C@H](C)[NH+]3CC[NH+](Cc4ccccc4)CC3)o2)cc1. The Bertz CT molecular complexity index is 852. The fourth-order valence-electron chi connectivity index (χ4n) is 3.82. The van der Waals surface area contributed by atoms with Crippen LogP contribution in [0.2, 0.25) is 0 Å². The van der Waals surface area contributed by atoms with Crippen LogP contribution in [0.25, 0.3) is 11.5 Å². The molecule has 2 aromatic carbocycles. The summed E-state index contributed by atoms with van der Waals surface area (Å²) < 4.78 is 6.00. The Kier molecular flexibility index (Phi) is 5.32. The van der Waals surface area contributed by atoms with Crippen molar-refractivity contribution >= 4 is 0 Å². The lowest BCUT2D eigenvalue weighted by molar-refractivity contribution is -1.03. The van der Waals surface area contributed by atoms with Gasteiger partial charge in [0, 0.05) is 11.1 Å². The highest BCUT2D eigenvalue weighted by molar-refractivity contribution is 5.52. The first kappa shape index (κ1) is 17.9. The van der Waals surface area contributed by atoms with Crippen LogP contribution >= 0.6 is 0 Å². The molecule has 0 aliphatic carbocycles. The molecule has 0 spiro atoms. The van der Waals surface area contributed by atoms with Crippen LogP contribution in [-0.4, -0.2) is 36.4 Å². The summed E-state index contributed by atoms with van der Waals surface area (Å²) >= 11 is 0. The molecule has 2 N–H and O–H groups in total. The van der Waals surface area contributed by atoms with Gasteiger partial charge < -0.3 is 14.2 Å². The number of rotatable bonds is 5. The third-order valence-electron chi connectivity index (χ3n) is 5.62. The lowest BCUT2D eigenvalue weighted by atomic mass is 10.1. The molecule has 0 amide bonds. The Morgan fingerprint density at radius 2 is 1.63 bits per heavy atom. The van der Waals surface area contributed by atoms with Crippen LogP contribution in [0.5, 0.6) is 0 Å². The van der Waals surface area contributed by atoms with Crippen molar-refractivity contribution in [2.24, 2.45) is 0 Å². The maximum absolute atomic E-state index is 6.00. The van der Waals surface area contributed by atoms with Gasteiger partial charge in [0.1, 0.15) is 32.7 Å². The Hall–Kier alpha value is -2.50. The summed E-state index contributed by atoms with van der Waals surface area (Å²) in [6.45, 7) is 10.00. The molecule has 1 fully saturated rings. The first-order valence-corrected chi connectivity index (χ1v) is 9.81. The monoisotopic (exact) mass is 364 g/mol. The topological polar surface area (TPSA) is 47.8 Å². The Morgan fingerprint density at radius 1 is 0.926 bits per heavy atom. The molecule has 0 unspecified atom stereocenters. The summed E-state index contributed by atoms with van der Waals surface area (Å²) in [7, 11) is 0. The smallest absolute Gasteiger partial charge is 0.274 e. The van der Waals surface area contributed by atoms with E-state index >= 15 is 0 Å². The van der Waals surface area contributed by atoms with Gasteiger partial charge in [0.15, 0.2) is 6.04 Å². The quantitative estimate of drug-likeness (QED) is 0.713. The highest BCUT2D eigenvalue weighted by Crippen LogP contribution is 2.20. The number of nitrogens with one attached hydrogen (secondary N) is 2. The summed E-state index contributed by atoms with van der Waals surface area (Å²) in [6.07, 6.45) is 0. The molecule has 1 aliphatic rings. The lowest BCUT2D eigenvalue weighted by Crippen LogP contribution is -3.27. The van der Waals surface area contributed by atoms with Crippen molar-refractivity contribution in [2.75, 3.05) is 26.2 Å². The van der Waals surface area contributed by atoms with Gasteiger partial charge in [0.25, 0.3) is 5.89 Å². The molecular weight excluding hydrogens is 336 g/mol. The molecule has 5 nitrogen and oxygen atoms in total. The number of hydrogen-bond donors (Lipinski definition) is 2. The van der Waals surface area contributed by atoms with E-state index in [1.54, 1.807) is 4.90 Å². The molecule has 2 heterocycles. The standard InChI is InChI=1S/C22H26N4O/c1-17-8-10-20(11-9-17)22-24-23-21(27-22)18(2)26-14-12-25(13-15-26)16-19-6-4-3-5-7-19/h3-11,18H,12-16H2,1-2H3/p+2/t18-/m0/s1. The zero-order chi connectivity index (χ0) is 18.6. The fraction of sp³-hybridized carbons (Fsp3) is 0.364. The van der Waals surface area contributed by atoms with E-state index in [4.69, 9.17) is 4.42 Å². The van der Waals surface area contributed by atoms with Crippen molar-refractivity contribution in [2.45, 2.75) is 26.4 Å². The Morgan fingerprint density at radius 3 is 2.33 bits per heavy atom. The second-order valence-electron chi connectivity index (χ2n) is 7.60. The normalized spacial score (nSPS) is 21.1. The number of hydrogen-bond acceptors (Lipinski definition) is 3. The third-order valence-corrected chi connectivity index (χ3v) is 5.62. The number of piperazine rings is 1. The van der Waals surface area contributed by atoms with Gasteiger partial charge in [-0.2, -0.15) is 0 Å². The molecule has 140 valence electrons. The van der Waals surface area contributed by atoms with E-state index < -0.39 is 0 Å². The van der Waals surface area contributed by atoms with Crippen molar-refractivity contribution < 1.29 is 14.2 Å². The summed E-state index contributed by atoms with van der Waals surface area (Å²) in [5.74, 6) is 1.36. The number of aryl methyl sites for hydroxylation is 1. The van der Waals surface area contributed by atoms with Crippen LogP contribution in [0, 0.1) is 6.92 Å². The van der Waals surface area contributed by atoms with Gasteiger partial charge in [-0.25, -0.2) is 0 Å². The Balaban J connectivity index is 1.35. The summed E-state index contributed by atoms with van der Waals surface area (Å²) in [5, 5.41) is 8.60. The number of aromatic nitrogens is 2. The van der Waals surface area contributed by atoms with Gasteiger partial charge in [-0.1, -0.05) is 48.0 Å². The second kappa shape index (κ2) is 8.03. The van der Waals surface area contributed by atoms with E-state index in [0.717, 1.165) is 31.1 Å². The van der Waals surface area contributed by atoms with E-state index in [-0.39, 0.29) is 6.04 Å². The predicted molar refractivity (Wildman–Crippen MR) is 104 cm³/mol. The van der Waals surface area contributed by atoms with Crippen LogP contribution in [0.15, 0.2) is 59.0 Å². The minimum atomic E-state index is 0.231. The lowest BCUT2D eigenvalue weighted by Gasteiger charge is -2.32. The van der Waals surface area contributed by atoms with E-state index in [0.29, 0.717) is 5.89 Å². The predicted octanol–water partition coefficient (Wildman–Crippen LogP) is 1.09. The highest BCUT2D eigenvalue weighted by Gasteiger charge is 2.31. The highest BCUT2D eigenvalue weighted by atomic mass is 16.4. The molecule has 1 aliphatic heterocycles. The van der Waals surface area contributed by atoms with Crippen molar-refractivity contribution in [3.05, 3.63) is 71.6 Å². The Labute approximate surface area is 160 Å². The average molecular weight is 364 g/mol. The van der Waals surface area contributed by atoms with Crippen molar-refractivity contribution in [3.63, 3.8) is 0 Å². The van der Waals surface area contributed by atoms with Crippen LogP contribution in [-0.2, 0) is 6.54 Å². The van der Waals surface area contributed by atoms with Gasteiger partial charge in [0.05, 0.1) is 0 Å². The molecule has 0 saturated carbocycles. The molecule has 1 aromatic heterocycles. The second-order valence-corrected chi connectivity index (χ2v) is 7.60. The molecule has 5 heteroatoms. The van der Waals surface area contributed by atoms with Crippen molar-refractivity contribution in [1.29, 1.82) is 0 Å². The fourth-order valence-corrected chi connectivity index (χ4v) is 3.82. The van der Waals surface area contributed by atoms with Crippen molar-refractivity contribution in [1.82, 2.24) is 10.2 Å². The minimum Gasteiger partial charge on any atom is -0.415 e. The molecule has 27 heavy (non-hydrogen) atoms. The van der Waals surface area contributed by atoms with Crippen molar-refractivity contribution in [3.8, 4) is 11.5 Å².